The minimum atomic E-state index is -3.86. The van der Waals surface area contributed by atoms with Crippen LogP contribution in [0.25, 0.3) is 0 Å². The molecule has 0 saturated heterocycles. The van der Waals surface area contributed by atoms with Crippen LogP contribution in [0, 0.1) is 5.82 Å². The molecule has 8 heteroatoms. The number of thioether (sulfide) groups is 1. The minimum Gasteiger partial charge on any atom is -0.324 e. The van der Waals surface area contributed by atoms with Crippen molar-refractivity contribution in [3.63, 3.8) is 0 Å². The summed E-state index contributed by atoms with van der Waals surface area (Å²) in [5, 5.41) is 2.68. The fraction of sp³-hybridized carbons (Fsp3) is 0.235. The zero-order valence-electron chi connectivity index (χ0n) is 14.1. The van der Waals surface area contributed by atoms with Crippen LogP contribution in [-0.4, -0.2) is 32.9 Å². The smallest absolute Gasteiger partial charge is 0.247 e. The number of sulfonamides is 1. The number of anilines is 2. The van der Waals surface area contributed by atoms with Crippen molar-refractivity contribution >= 4 is 39.1 Å². The Morgan fingerprint density at radius 1 is 1.20 bits per heavy atom. The summed E-state index contributed by atoms with van der Waals surface area (Å²) in [6.45, 7) is 1.42. The van der Waals surface area contributed by atoms with Crippen LogP contribution in [0.15, 0.2) is 53.4 Å². The number of hydrogen-bond donors (Lipinski definition) is 1. The van der Waals surface area contributed by atoms with Crippen molar-refractivity contribution in [2.45, 2.75) is 17.9 Å². The van der Waals surface area contributed by atoms with E-state index in [1.807, 2.05) is 12.3 Å². The van der Waals surface area contributed by atoms with Crippen molar-refractivity contribution < 1.29 is 17.6 Å². The van der Waals surface area contributed by atoms with Gasteiger partial charge in [0.25, 0.3) is 0 Å². The molecule has 0 aliphatic rings. The van der Waals surface area contributed by atoms with Gasteiger partial charge in [-0.1, -0.05) is 18.2 Å². The number of nitrogens with zero attached hydrogens (tertiary/aromatic N) is 1. The maximum absolute atomic E-state index is 14.1. The summed E-state index contributed by atoms with van der Waals surface area (Å²) in [6.07, 6.45) is 2.85. The van der Waals surface area contributed by atoms with Gasteiger partial charge in [-0.05, 0) is 43.5 Å². The molecule has 0 aromatic heterocycles. The molecule has 1 amide bonds. The predicted molar refractivity (Wildman–Crippen MR) is 100 cm³/mol. The van der Waals surface area contributed by atoms with E-state index in [2.05, 4.69) is 5.32 Å². The first-order chi connectivity index (χ1) is 11.7. The number of amides is 1. The van der Waals surface area contributed by atoms with Gasteiger partial charge in [-0.25, -0.2) is 12.8 Å². The van der Waals surface area contributed by atoms with Crippen LogP contribution in [0.2, 0.25) is 0 Å². The standard InChI is InChI=1S/C17H19FN2O3S2/c1-12(17(21)19-13-7-6-8-14(11-13)24-2)20(25(3,22)23)16-10-5-4-9-15(16)18/h4-12H,1-3H3,(H,19,21)/t12-/m0/s1. The number of nitrogens with one attached hydrogen (secondary N) is 1. The number of halogens is 1. The summed E-state index contributed by atoms with van der Waals surface area (Å²) in [6, 6.07) is 11.5. The van der Waals surface area contributed by atoms with Gasteiger partial charge in [-0.2, -0.15) is 0 Å². The van der Waals surface area contributed by atoms with Gasteiger partial charge in [0.1, 0.15) is 11.9 Å². The molecule has 0 radical (unpaired) electrons. The first kappa shape index (κ1) is 19.3. The lowest BCUT2D eigenvalue weighted by molar-refractivity contribution is -0.116. The highest BCUT2D eigenvalue weighted by atomic mass is 32.2. The molecule has 0 saturated carbocycles. The molecular formula is C17H19FN2O3S2. The monoisotopic (exact) mass is 382 g/mol. The van der Waals surface area contributed by atoms with E-state index >= 15 is 0 Å². The van der Waals surface area contributed by atoms with Gasteiger partial charge in [0.05, 0.1) is 11.9 Å². The van der Waals surface area contributed by atoms with Crippen LogP contribution >= 0.6 is 11.8 Å². The second kappa shape index (κ2) is 7.88. The molecule has 2 rings (SSSR count). The van der Waals surface area contributed by atoms with Gasteiger partial charge in [0.2, 0.25) is 15.9 Å². The van der Waals surface area contributed by atoms with Gasteiger partial charge in [-0.15, -0.1) is 11.8 Å². The Kier molecular flexibility index (Phi) is 6.07. The largest absolute Gasteiger partial charge is 0.324 e. The number of rotatable bonds is 6. The van der Waals surface area contributed by atoms with Crippen molar-refractivity contribution in [2.75, 3.05) is 22.1 Å². The zero-order valence-corrected chi connectivity index (χ0v) is 15.7. The molecule has 2 aromatic rings. The zero-order chi connectivity index (χ0) is 18.6. The number of hydrogen-bond acceptors (Lipinski definition) is 4. The second-order valence-corrected chi connectivity index (χ2v) is 8.15. The number of carbonyl (C=O) groups is 1. The lowest BCUT2D eigenvalue weighted by Gasteiger charge is -2.28. The van der Waals surface area contributed by atoms with Crippen LogP contribution in [0.5, 0.6) is 0 Å². The normalized spacial score (nSPS) is 12.5. The average molecular weight is 382 g/mol. The van der Waals surface area contributed by atoms with Gasteiger partial charge in [-0.3, -0.25) is 9.10 Å². The van der Waals surface area contributed by atoms with Gasteiger partial charge < -0.3 is 5.32 Å². The second-order valence-electron chi connectivity index (χ2n) is 5.41. The molecule has 0 fully saturated rings. The molecule has 134 valence electrons. The summed E-state index contributed by atoms with van der Waals surface area (Å²) >= 11 is 1.52. The van der Waals surface area contributed by atoms with Crippen molar-refractivity contribution in [2.24, 2.45) is 0 Å². The van der Waals surface area contributed by atoms with E-state index in [4.69, 9.17) is 0 Å². The summed E-state index contributed by atoms with van der Waals surface area (Å²) in [7, 11) is -3.86. The summed E-state index contributed by atoms with van der Waals surface area (Å²) in [4.78, 5) is 13.5. The van der Waals surface area contributed by atoms with E-state index in [0.717, 1.165) is 21.5 Å². The summed E-state index contributed by atoms with van der Waals surface area (Å²) in [5.74, 6) is -1.26. The Hall–Kier alpha value is -2.06. The molecule has 1 atom stereocenters. The molecule has 0 unspecified atom stereocenters. The third-order valence-electron chi connectivity index (χ3n) is 3.52. The van der Waals surface area contributed by atoms with Crippen LogP contribution in [-0.2, 0) is 14.8 Å². The van der Waals surface area contributed by atoms with Crippen molar-refractivity contribution in [3.05, 3.63) is 54.3 Å². The molecule has 2 aromatic carbocycles. The maximum Gasteiger partial charge on any atom is 0.247 e. The van der Waals surface area contributed by atoms with Crippen molar-refractivity contribution in [1.82, 2.24) is 0 Å². The average Bonchev–Trinajstić information content (AvgIpc) is 2.55. The van der Waals surface area contributed by atoms with Gasteiger partial charge in [0, 0.05) is 10.6 Å². The Bertz CT molecular complexity index is 872. The van der Waals surface area contributed by atoms with E-state index in [1.54, 1.807) is 18.2 Å². The van der Waals surface area contributed by atoms with Crippen molar-refractivity contribution in [3.8, 4) is 0 Å². The quantitative estimate of drug-likeness (QED) is 0.778. The maximum atomic E-state index is 14.1. The third kappa shape index (κ3) is 4.73. The molecule has 25 heavy (non-hydrogen) atoms. The Morgan fingerprint density at radius 2 is 1.88 bits per heavy atom. The van der Waals surface area contributed by atoms with Crippen LogP contribution in [0.4, 0.5) is 15.8 Å². The van der Waals surface area contributed by atoms with E-state index in [1.165, 1.54) is 36.9 Å². The van der Waals surface area contributed by atoms with Crippen LogP contribution in [0.3, 0.4) is 0 Å². The molecule has 0 bridgehead atoms. The third-order valence-corrected chi connectivity index (χ3v) is 5.47. The molecule has 1 N–H and O–H groups in total. The molecule has 0 heterocycles. The molecule has 5 nitrogen and oxygen atoms in total. The number of benzene rings is 2. The highest BCUT2D eigenvalue weighted by Crippen LogP contribution is 2.25. The highest BCUT2D eigenvalue weighted by molar-refractivity contribution is 7.98. The van der Waals surface area contributed by atoms with Gasteiger partial charge >= 0.3 is 0 Å². The Morgan fingerprint density at radius 3 is 2.48 bits per heavy atom. The fourth-order valence-electron chi connectivity index (χ4n) is 2.36. The summed E-state index contributed by atoms with van der Waals surface area (Å²) < 4.78 is 39.2. The SMILES string of the molecule is CSc1cccc(NC(=O)[C@H](C)N(c2ccccc2F)S(C)(=O)=O)c1. The van der Waals surface area contributed by atoms with Crippen molar-refractivity contribution in [1.29, 1.82) is 0 Å². The number of para-hydroxylation sites is 1. The minimum absolute atomic E-state index is 0.162. The Labute approximate surface area is 151 Å². The predicted octanol–water partition coefficient (Wildman–Crippen LogP) is 3.34. The van der Waals surface area contributed by atoms with E-state index in [9.17, 15) is 17.6 Å². The molecule has 0 aliphatic heterocycles. The molecular weight excluding hydrogens is 363 g/mol. The van der Waals surface area contributed by atoms with Crippen LogP contribution < -0.4 is 9.62 Å². The molecule has 0 aliphatic carbocycles. The highest BCUT2D eigenvalue weighted by Gasteiger charge is 2.30. The lowest BCUT2D eigenvalue weighted by Crippen LogP contribution is -2.45. The van der Waals surface area contributed by atoms with Gasteiger partial charge in [0.15, 0.2) is 0 Å². The molecule has 0 spiro atoms. The summed E-state index contributed by atoms with van der Waals surface area (Å²) in [5.41, 5.74) is 0.385. The fourth-order valence-corrected chi connectivity index (χ4v) is 3.99. The van der Waals surface area contributed by atoms with E-state index in [-0.39, 0.29) is 5.69 Å². The lowest BCUT2D eigenvalue weighted by atomic mass is 10.2. The number of carbonyl (C=O) groups excluding carboxylic acids is 1. The Balaban J connectivity index is 2.32. The first-order valence-corrected chi connectivity index (χ1v) is 10.5. The topological polar surface area (TPSA) is 66.5 Å². The first-order valence-electron chi connectivity index (χ1n) is 7.43. The van der Waals surface area contributed by atoms with E-state index in [0.29, 0.717) is 5.69 Å². The van der Waals surface area contributed by atoms with E-state index < -0.39 is 27.8 Å². The van der Waals surface area contributed by atoms with Crippen LogP contribution in [0.1, 0.15) is 6.92 Å².